The number of allylic oxidation sites excluding steroid dienone is 6. The molecule has 0 amide bonds. The molecule has 0 heterocycles. The van der Waals surface area contributed by atoms with E-state index < -0.39 is 0 Å². The molecule has 2 N–H and O–H groups in total. The average molecular weight is 356 g/mol. The van der Waals surface area contributed by atoms with Crippen molar-refractivity contribution in [1.29, 1.82) is 0 Å². The second-order valence-electron chi connectivity index (χ2n) is 6.87. The molecule has 0 bridgehead atoms. The van der Waals surface area contributed by atoms with E-state index >= 15 is 0 Å². The topological polar surface area (TPSA) is 44.5 Å². The van der Waals surface area contributed by atoms with Gasteiger partial charge in [-0.15, -0.1) is 0 Å². The minimum atomic E-state index is 0.557. The van der Waals surface area contributed by atoms with Crippen LogP contribution in [0.4, 0.5) is 5.69 Å². The summed E-state index contributed by atoms with van der Waals surface area (Å²) < 4.78 is 11.2. The van der Waals surface area contributed by atoms with E-state index in [4.69, 9.17) is 15.2 Å². The molecule has 0 aromatic heterocycles. The van der Waals surface area contributed by atoms with E-state index in [1.165, 1.54) is 0 Å². The van der Waals surface area contributed by atoms with E-state index in [9.17, 15) is 0 Å². The van der Waals surface area contributed by atoms with E-state index in [0.29, 0.717) is 24.8 Å². The lowest BCUT2D eigenvalue weighted by Crippen LogP contribution is -2.05. The Morgan fingerprint density at radius 2 is 1.92 bits per heavy atom. The Labute approximate surface area is 158 Å². The second-order valence-corrected chi connectivity index (χ2v) is 6.87. The zero-order valence-corrected chi connectivity index (χ0v) is 16.7. The Bertz CT molecular complexity index is 669. The maximum atomic E-state index is 6.04. The lowest BCUT2D eigenvalue weighted by atomic mass is 9.97. The summed E-state index contributed by atoms with van der Waals surface area (Å²) >= 11 is 0. The van der Waals surface area contributed by atoms with Crippen molar-refractivity contribution in [3.8, 4) is 0 Å². The van der Waals surface area contributed by atoms with Gasteiger partial charge in [-0.25, -0.2) is 0 Å². The van der Waals surface area contributed by atoms with Crippen LogP contribution in [-0.4, -0.2) is 19.8 Å². The van der Waals surface area contributed by atoms with Crippen LogP contribution >= 0.6 is 0 Å². The van der Waals surface area contributed by atoms with Gasteiger partial charge in [0.15, 0.2) is 0 Å². The van der Waals surface area contributed by atoms with Gasteiger partial charge in [0.25, 0.3) is 0 Å². The van der Waals surface area contributed by atoms with Crippen LogP contribution in [0.5, 0.6) is 0 Å². The number of anilines is 1. The predicted octanol–water partition coefficient (Wildman–Crippen LogP) is 5.69. The standard InChI is InChI=1S/C23H33NO2/c1-17(2)12-13-25-14-15-26-20(5)9-7-8-19(4)21(6)22-16-18(3)10-11-23(22)24/h7-11,16-17H,4,6,12-15,24H2,1-3,5H3/b8-7-,20-9+. The lowest BCUT2D eigenvalue weighted by molar-refractivity contribution is 0.0706. The van der Waals surface area contributed by atoms with Gasteiger partial charge in [0.2, 0.25) is 0 Å². The van der Waals surface area contributed by atoms with Crippen LogP contribution in [-0.2, 0) is 9.47 Å². The van der Waals surface area contributed by atoms with Gasteiger partial charge in [-0.3, -0.25) is 0 Å². The highest BCUT2D eigenvalue weighted by Crippen LogP contribution is 2.27. The first-order valence-electron chi connectivity index (χ1n) is 9.11. The van der Waals surface area contributed by atoms with Gasteiger partial charge in [-0.1, -0.05) is 50.8 Å². The number of benzene rings is 1. The van der Waals surface area contributed by atoms with Gasteiger partial charge in [0, 0.05) is 17.9 Å². The van der Waals surface area contributed by atoms with E-state index in [1.807, 2.05) is 50.3 Å². The monoisotopic (exact) mass is 355 g/mol. The predicted molar refractivity (Wildman–Crippen MR) is 113 cm³/mol. The van der Waals surface area contributed by atoms with Gasteiger partial charge in [-0.2, -0.15) is 0 Å². The third-order valence-electron chi connectivity index (χ3n) is 3.95. The molecule has 0 saturated carbocycles. The Morgan fingerprint density at radius 1 is 1.19 bits per heavy atom. The molecule has 0 aliphatic rings. The third-order valence-corrected chi connectivity index (χ3v) is 3.95. The SMILES string of the molecule is C=C(/C=C\C=C(/C)OCCOCCC(C)C)C(=C)c1cc(C)ccc1N. The van der Waals surface area contributed by atoms with Crippen LogP contribution in [0, 0.1) is 12.8 Å². The molecular weight excluding hydrogens is 322 g/mol. The molecule has 3 nitrogen and oxygen atoms in total. The summed E-state index contributed by atoms with van der Waals surface area (Å²) in [6.45, 7) is 18.5. The van der Waals surface area contributed by atoms with Crippen molar-refractivity contribution >= 4 is 11.3 Å². The van der Waals surface area contributed by atoms with Gasteiger partial charge in [0.1, 0.15) is 6.61 Å². The van der Waals surface area contributed by atoms with Crippen LogP contribution in [0.25, 0.3) is 5.57 Å². The molecule has 3 heteroatoms. The minimum Gasteiger partial charge on any atom is -0.496 e. The number of nitrogens with two attached hydrogens (primary N) is 1. The molecule has 0 atom stereocenters. The van der Waals surface area contributed by atoms with Crippen molar-refractivity contribution in [3.05, 3.63) is 72.0 Å². The van der Waals surface area contributed by atoms with E-state index in [0.717, 1.165) is 41.1 Å². The summed E-state index contributed by atoms with van der Waals surface area (Å²) in [5, 5.41) is 0. The Morgan fingerprint density at radius 3 is 2.62 bits per heavy atom. The summed E-state index contributed by atoms with van der Waals surface area (Å²) in [6, 6.07) is 5.91. The molecular formula is C23H33NO2. The van der Waals surface area contributed by atoms with Crippen molar-refractivity contribution in [1.82, 2.24) is 0 Å². The van der Waals surface area contributed by atoms with E-state index in [1.54, 1.807) is 0 Å². The van der Waals surface area contributed by atoms with Crippen molar-refractivity contribution in [3.63, 3.8) is 0 Å². The van der Waals surface area contributed by atoms with Gasteiger partial charge >= 0.3 is 0 Å². The summed E-state index contributed by atoms with van der Waals surface area (Å²) in [7, 11) is 0. The van der Waals surface area contributed by atoms with Crippen LogP contribution in [0.15, 0.2) is 60.9 Å². The third kappa shape index (κ3) is 8.21. The molecule has 1 aromatic rings. The maximum Gasteiger partial charge on any atom is 0.111 e. The fraction of sp³-hybridized carbons (Fsp3) is 0.391. The highest BCUT2D eigenvalue weighted by molar-refractivity contribution is 5.85. The summed E-state index contributed by atoms with van der Waals surface area (Å²) in [5.41, 5.74) is 10.5. The number of ether oxygens (including phenoxy) is 2. The van der Waals surface area contributed by atoms with Crippen molar-refractivity contribution in [2.24, 2.45) is 5.92 Å². The van der Waals surface area contributed by atoms with E-state index in [2.05, 4.69) is 27.0 Å². The smallest absolute Gasteiger partial charge is 0.111 e. The maximum absolute atomic E-state index is 6.04. The zero-order valence-electron chi connectivity index (χ0n) is 16.7. The molecule has 0 radical (unpaired) electrons. The van der Waals surface area contributed by atoms with Crippen LogP contribution in [0.3, 0.4) is 0 Å². The average Bonchev–Trinajstić information content (AvgIpc) is 2.59. The number of hydrogen-bond acceptors (Lipinski definition) is 3. The van der Waals surface area contributed by atoms with Gasteiger partial charge < -0.3 is 15.2 Å². The molecule has 0 saturated heterocycles. The molecule has 0 spiro atoms. The molecule has 0 fully saturated rings. The van der Waals surface area contributed by atoms with E-state index in [-0.39, 0.29) is 0 Å². The van der Waals surface area contributed by atoms with Crippen LogP contribution in [0.1, 0.15) is 38.3 Å². The second kappa shape index (κ2) is 11.4. The lowest BCUT2D eigenvalue weighted by Gasteiger charge is -2.10. The fourth-order valence-electron chi connectivity index (χ4n) is 2.24. The summed E-state index contributed by atoms with van der Waals surface area (Å²) in [6.07, 6.45) is 6.81. The molecule has 142 valence electrons. The Kier molecular flexibility index (Phi) is 9.53. The molecule has 1 aromatic carbocycles. The quantitative estimate of drug-likeness (QED) is 0.240. The largest absolute Gasteiger partial charge is 0.496 e. The summed E-state index contributed by atoms with van der Waals surface area (Å²) in [4.78, 5) is 0. The van der Waals surface area contributed by atoms with Crippen LogP contribution in [0.2, 0.25) is 0 Å². The first-order chi connectivity index (χ1) is 12.3. The number of nitrogen functional groups attached to an aromatic ring is 1. The van der Waals surface area contributed by atoms with Crippen molar-refractivity contribution in [2.45, 2.75) is 34.1 Å². The molecule has 0 aliphatic heterocycles. The molecule has 0 unspecified atom stereocenters. The highest BCUT2D eigenvalue weighted by Gasteiger charge is 2.05. The normalized spacial score (nSPS) is 12.0. The molecule has 0 aliphatic carbocycles. The molecule has 26 heavy (non-hydrogen) atoms. The first-order valence-corrected chi connectivity index (χ1v) is 9.11. The highest BCUT2D eigenvalue weighted by atomic mass is 16.5. The fourth-order valence-corrected chi connectivity index (χ4v) is 2.24. The van der Waals surface area contributed by atoms with Gasteiger partial charge in [-0.05, 0) is 55.5 Å². The number of hydrogen-bond donors (Lipinski definition) is 1. The Hall–Kier alpha value is -2.26. The zero-order chi connectivity index (χ0) is 19.5. The van der Waals surface area contributed by atoms with Crippen molar-refractivity contribution in [2.75, 3.05) is 25.6 Å². The Balaban J connectivity index is 2.43. The number of aryl methyl sites for hydroxylation is 1. The minimum absolute atomic E-state index is 0.557. The molecule has 1 rings (SSSR count). The summed E-state index contributed by atoms with van der Waals surface area (Å²) in [5.74, 6) is 1.50. The van der Waals surface area contributed by atoms with Crippen LogP contribution < -0.4 is 5.73 Å². The van der Waals surface area contributed by atoms with Gasteiger partial charge in [0.05, 0.1) is 12.4 Å². The first kappa shape index (κ1) is 21.8. The van der Waals surface area contributed by atoms with Crippen molar-refractivity contribution < 1.29 is 9.47 Å². The number of rotatable bonds is 11.